The zero-order valence-corrected chi connectivity index (χ0v) is 12.0. The monoisotopic (exact) mass is 277 g/mol. The predicted octanol–water partition coefficient (Wildman–Crippen LogP) is 2.29. The smallest absolute Gasteiger partial charge is 0.129 e. The topological polar surface area (TPSA) is 41.3 Å². The molecule has 2 unspecified atom stereocenters. The van der Waals surface area contributed by atoms with Gasteiger partial charge in [0.05, 0.1) is 12.3 Å². The zero-order chi connectivity index (χ0) is 14.7. The van der Waals surface area contributed by atoms with E-state index in [1.807, 2.05) is 32.1 Å². The van der Waals surface area contributed by atoms with Gasteiger partial charge >= 0.3 is 0 Å². The van der Waals surface area contributed by atoms with Gasteiger partial charge in [-0.1, -0.05) is 18.2 Å². The maximum atomic E-state index is 13.6. The lowest BCUT2D eigenvalue weighted by Gasteiger charge is -2.26. The molecule has 0 radical (unpaired) electrons. The van der Waals surface area contributed by atoms with Crippen LogP contribution in [-0.2, 0) is 7.05 Å². The van der Waals surface area contributed by atoms with Gasteiger partial charge in [-0.2, -0.15) is 5.10 Å². The Hall–Kier alpha value is -1.72. The number of hydrogen-bond acceptors (Lipinski definition) is 3. The molecular formula is C15H20FN3O. The molecule has 2 rings (SSSR count). The fourth-order valence-electron chi connectivity index (χ4n) is 2.18. The number of aliphatic hydroxyl groups excluding tert-OH is 1. The van der Waals surface area contributed by atoms with Gasteiger partial charge in [0.1, 0.15) is 5.82 Å². The van der Waals surface area contributed by atoms with Crippen LogP contribution in [-0.4, -0.2) is 33.4 Å². The lowest BCUT2D eigenvalue weighted by molar-refractivity contribution is 0.105. The molecule has 1 heterocycles. The Morgan fingerprint density at radius 1 is 1.40 bits per heavy atom. The van der Waals surface area contributed by atoms with Crippen LogP contribution < -0.4 is 0 Å². The third-order valence-corrected chi connectivity index (χ3v) is 3.59. The summed E-state index contributed by atoms with van der Waals surface area (Å²) < 4.78 is 15.4. The first-order valence-corrected chi connectivity index (χ1v) is 6.60. The highest BCUT2D eigenvalue weighted by atomic mass is 19.1. The van der Waals surface area contributed by atoms with E-state index < -0.39 is 6.10 Å². The number of benzene rings is 1. The molecule has 5 heteroatoms. The summed E-state index contributed by atoms with van der Waals surface area (Å²) in [6.45, 7) is 2.39. The molecule has 0 fully saturated rings. The van der Waals surface area contributed by atoms with Gasteiger partial charge in [-0.25, -0.2) is 4.39 Å². The van der Waals surface area contributed by atoms with E-state index in [4.69, 9.17) is 0 Å². The second-order valence-electron chi connectivity index (χ2n) is 5.10. The van der Waals surface area contributed by atoms with Crippen LogP contribution >= 0.6 is 0 Å². The summed E-state index contributed by atoms with van der Waals surface area (Å²) in [5.41, 5.74) is 1.40. The number of rotatable bonds is 5. The largest absolute Gasteiger partial charge is 0.387 e. The molecule has 108 valence electrons. The minimum absolute atomic E-state index is 0.102. The van der Waals surface area contributed by atoms with Gasteiger partial charge in [0, 0.05) is 37.0 Å². The quantitative estimate of drug-likeness (QED) is 0.911. The van der Waals surface area contributed by atoms with Gasteiger partial charge in [0.25, 0.3) is 0 Å². The van der Waals surface area contributed by atoms with Crippen LogP contribution in [0.3, 0.4) is 0 Å². The van der Waals surface area contributed by atoms with Crippen LogP contribution in [0.4, 0.5) is 4.39 Å². The van der Waals surface area contributed by atoms with Crippen molar-refractivity contribution >= 4 is 0 Å². The van der Waals surface area contributed by atoms with Gasteiger partial charge in [0.15, 0.2) is 0 Å². The van der Waals surface area contributed by atoms with Gasteiger partial charge in [-0.3, -0.25) is 9.58 Å². The second kappa shape index (κ2) is 6.15. The van der Waals surface area contributed by atoms with Crippen LogP contribution in [0.15, 0.2) is 36.7 Å². The van der Waals surface area contributed by atoms with Crippen molar-refractivity contribution in [2.24, 2.45) is 7.05 Å². The fourth-order valence-corrected chi connectivity index (χ4v) is 2.18. The minimum atomic E-state index is -0.847. The van der Waals surface area contributed by atoms with Crippen molar-refractivity contribution < 1.29 is 9.50 Å². The number of hydrogen-bond donors (Lipinski definition) is 1. The summed E-state index contributed by atoms with van der Waals surface area (Å²) in [7, 11) is 3.77. The molecular weight excluding hydrogens is 257 g/mol. The molecule has 1 aromatic heterocycles. The molecule has 0 aliphatic rings. The fraction of sp³-hybridized carbons (Fsp3) is 0.400. The second-order valence-corrected chi connectivity index (χ2v) is 5.10. The average Bonchev–Trinajstić information content (AvgIpc) is 2.84. The molecule has 2 atom stereocenters. The van der Waals surface area contributed by atoms with Gasteiger partial charge in [-0.15, -0.1) is 0 Å². The maximum absolute atomic E-state index is 13.6. The molecule has 1 aromatic carbocycles. The number of likely N-dealkylation sites (N-methyl/N-ethyl adjacent to an activating group) is 1. The summed E-state index contributed by atoms with van der Waals surface area (Å²) in [6, 6.07) is 6.43. The van der Waals surface area contributed by atoms with E-state index in [1.165, 1.54) is 6.07 Å². The number of halogens is 1. The Balaban J connectivity index is 2.04. The highest BCUT2D eigenvalue weighted by Crippen LogP contribution is 2.23. The lowest BCUT2D eigenvalue weighted by atomic mass is 10.1. The molecule has 0 bridgehead atoms. The van der Waals surface area contributed by atoms with Crippen molar-refractivity contribution in [1.29, 1.82) is 0 Å². The number of aryl methyl sites for hydroxylation is 1. The highest BCUT2D eigenvalue weighted by molar-refractivity contribution is 5.20. The van der Waals surface area contributed by atoms with E-state index in [1.54, 1.807) is 29.1 Å². The first kappa shape index (κ1) is 14.7. The number of nitrogens with zero attached hydrogens (tertiary/aromatic N) is 3. The Labute approximate surface area is 118 Å². The van der Waals surface area contributed by atoms with Crippen LogP contribution in [0.1, 0.15) is 30.2 Å². The molecule has 1 N–H and O–H groups in total. The van der Waals surface area contributed by atoms with E-state index in [2.05, 4.69) is 5.10 Å². The third kappa shape index (κ3) is 3.23. The summed E-state index contributed by atoms with van der Waals surface area (Å²) in [4.78, 5) is 1.98. The molecule has 0 amide bonds. The van der Waals surface area contributed by atoms with Crippen molar-refractivity contribution in [3.8, 4) is 0 Å². The molecule has 4 nitrogen and oxygen atoms in total. The summed E-state index contributed by atoms with van der Waals surface area (Å²) >= 11 is 0. The van der Waals surface area contributed by atoms with Gasteiger partial charge in [0.2, 0.25) is 0 Å². The van der Waals surface area contributed by atoms with E-state index in [-0.39, 0.29) is 11.9 Å². The van der Waals surface area contributed by atoms with Crippen molar-refractivity contribution in [3.05, 3.63) is 53.6 Å². The van der Waals surface area contributed by atoms with Crippen molar-refractivity contribution in [2.75, 3.05) is 13.6 Å². The van der Waals surface area contributed by atoms with Gasteiger partial charge in [-0.05, 0) is 20.0 Å². The summed E-state index contributed by atoms with van der Waals surface area (Å²) in [5.74, 6) is -0.373. The Bertz CT molecular complexity index is 570. The van der Waals surface area contributed by atoms with Crippen molar-refractivity contribution in [2.45, 2.75) is 19.1 Å². The minimum Gasteiger partial charge on any atom is -0.387 e. The highest BCUT2D eigenvalue weighted by Gasteiger charge is 2.19. The molecule has 0 saturated heterocycles. The van der Waals surface area contributed by atoms with E-state index >= 15 is 0 Å². The Morgan fingerprint density at radius 3 is 2.70 bits per heavy atom. The van der Waals surface area contributed by atoms with Crippen LogP contribution in [0.25, 0.3) is 0 Å². The van der Waals surface area contributed by atoms with Crippen LogP contribution in [0.5, 0.6) is 0 Å². The summed E-state index contributed by atoms with van der Waals surface area (Å²) in [6.07, 6.45) is 2.90. The first-order valence-electron chi connectivity index (χ1n) is 6.60. The van der Waals surface area contributed by atoms with Crippen molar-refractivity contribution in [1.82, 2.24) is 14.7 Å². The van der Waals surface area contributed by atoms with E-state index in [0.29, 0.717) is 12.1 Å². The molecule has 0 aliphatic carbocycles. The van der Waals surface area contributed by atoms with E-state index in [9.17, 15) is 9.50 Å². The standard InChI is InChI=1S/C15H20FN3O/c1-11(12-8-17-19(3)9-12)18(2)10-15(20)13-6-4-5-7-14(13)16/h4-9,11,15,20H,10H2,1-3H3. The Morgan fingerprint density at radius 2 is 2.10 bits per heavy atom. The molecule has 0 saturated carbocycles. The van der Waals surface area contributed by atoms with Crippen LogP contribution in [0, 0.1) is 5.82 Å². The average molecular weight is 277 g/mol. The Kier molecular flexibility index (Phi) is 4.52. The van der Waals surface area contributed by atoms with Crippen molar-refractivity contribution in [3.63, 3.8) is 0 Å². The molecule has 0 spiro atoms. The molecule has 2 aromatic rings. The zero-order valence-electron chi connectivity index (χ0n) is 12.0. The summed E-state index contributed by atoms with van der Waals surface area (Å²) in [5, 5.41) is 14.3. The normalized spacial score (nSPS) is 14.5. The molecule has 20 heavy (non-hydrogen) atoms. The maximum Gasteiger partial charge on any atom is 0.129 e. The van der Waals surface area contributed by atoms with Gasteiger partial charge < -0.3 is 5.11 Å². The third-order valence-electron chi connectivity index (χ3n) is 3.59. The first-order chi connectivity index (χ1) is 9.49. The number of aliphatic hydroxyl groups is 1. The number of aromatic nitrogens is 2. The van der Waals surface area contributed by atoms with E-state index in [0.717, 1.165) is 5.56 Å². The van der Waals surface area contributed by atoms with Crippen LogP contribution in [0.2, 0.25) is 0 Å². The SMILES string of the molecule is CC(c1cnn(C)c1)N(C)CC(O)c1ccccc1F. The predicted molar refractivity (Wildman–Crippen MR) is 75.6 cm³/mol. The lowest BCUT2D eigenvalue weighted by Crippen LogP contribution is -2.27. The molecule has 0 aliphatic heterocycles.